The number of rotatable bonds is 8. The number of benzene rings is 3. The number of carbonyl (C=O) groups is 3. The molecule has 2 atom stereocenters. The zero-order valence-electron chi connectivity index (χ0n) is 20.9. The summed E-state index contributed by atoms with van der Waals surface area (Å²) in [7, 11) is 0. The number of halogens is 10. The van der Waals surface area contributed by atoms with Gasteiger partial charge >= 0.3 is 6.36 Å². The fraction of sp³-hybridized carbons (Fsp3) is 0.192. The lowest BCUT2D eigenvalue weighted by atomic mass is 10.1. The fourth-order valence-electron chi connectivity index (χ4n) is 4.05. The van der Waals surface area contributed by atoms with Crippen molar-refractivity contribution in [2.24, 2.45) is 5.92 Å². The Morgan fingerprint density at radius 3 is 2.26 bits per heavy atom. The topological polar surface area (TPSA) is 96.5 Å². The molecule has 1 aliphatic carbocycles. The van der Waals surface area contributed by atoms with Crippen molar-refractivity contribution in [1.82, 2.24) is 0 Å². The summed E-state index contributed by atoms with van der Waals surface area (Å²) in [5.41, 5.74) is -1.51. The smallest absolute Gasteiger partial charge is 0.326 e. The number of carbonyl (C=O) groups excluding carboxylic acids is 3. The van der Waals surface area contributed by atoms with Crippen LogP contribution in [-0.2, 0) is 14.3 Å². The Bertz CT molecular complexity index is 1630. The van der Waals surface area contributed by atoms with Crippen molar-refractivity contribution >= 4 is 85.5 Å². The second-order valence-electron chi connectivity index (χ2n) is 9.01. The van der Waals surface area contributed by atoms with E-state index in [0.29, 0.717) is 11.6 Å². The second kappa shape index (κ2) is 12.5. The predicted octanol–water partition coefficient (Wildman–Crippen LogP) is 7.77. The third kappa shape index (κ3) is 7.55. The van der Waals surface area contributed by atoms with Crippen LogP contribution in [0, 0.1) is 23.4 Å². The molecule has 1 fully saturated rings. The molecular formula is C26H15BrCl3F6N3O4. The molecule has 17 heteroatoms. The van der Waals surface area contributed by atoms with Crippen molar-refractivity contribution in [3.63, 3.8) is 0 Å². The number of amides is 3. The highest BCUT2D eigenvalue weighted by Crippen LogP contribution is 2.65. The van der Waals surface area contributed by atoms with E-state index in [1.54, 1.807) is 5.32 Å². The van der Waals surface area contributed by atoms with Gasteiger partial charge in [-0.05, 0) is 64.0 Å². The van der Waals surface area contributed by atoms with Gasteiger partial charge in [0.1, 0.15) is 28.3 Å². The first-order chi connectivity index (χ1) is 20.0. The predicted molar refractivity (Wildman–Crippen MR) is 150 cm³/mol. The average Bonchev–Trinajstić information content (AvgIpc) is 3.50. The second-order valence-corrected chi connectivity index (χ2v) is 11.7. The van der Waals surface area contributed by atoms with Crippen LogP contribution in [0.2, 0.25) is 5.02 Å². The minimum Gasteiger partial charge on any atom is -0.326 e. The first-order valence-corrected chi connectivity index (χ1v) is 13.7. The lowest BCUT2D eigenvalue weighted by Crippen LogP contribution is -2.25. The summed E-state index contributed by atoms with van der Waals surface area (Å²) >= 11 is 21.8. The molecule has 3 aromatic rings. The maximum absolute atomic E-state index is 14.9. The monoisotopic (exact) mass is 731 g/mol. The molecule has 1 aliphatic rings. The SMILES string of the molecule is O=C(COC(F)(F)F)Nc1c(F)ccc(NC(=O)c2cc(NC(=O)[C@H]3[C@H](c4ccc(F)c(Br)c4)C3(Cl)Cl)ccc2Cl)c1F. The highest BCUT2D eigenvalue weighted by atomic mass is 79.9. The van der Waals surface area contributed by atoms with E-state index in [1.165, 1.54) is 30.3 Å². The summed E-state index contributed by atoms with van der Waals surface area (Å²) in [6.45, 7) is -1.58. The van der Waals surface area contributed by atoms with Gasteiger partial charge in [-0.25, -0.2) is 13.2 Å². The van der Waals surface area contributed by atoms with Crippen molar-refractivity contribution in [2.45, 2.75) is 16.6 Å². The highest BCUT2D eigenvalue weighted by Gasteiger charge is 2.67. The molecule has 3 N–H and O–H groups in total. The first kappa shape index (κ1) is 32.9. The van der Waals surface area contributed by atoms with Crippen LogP contribution in [0.5, 0.6) is 0 Å². The maximum Gasteiger partial charge on any atom is 0.523 e. The van der Waals surface area contributed by atoms with Crippen molar-refractivity contribution in [2.75, 3.05) is 22.6 Å². The number of ether oxygens (including phenoxy) is 1. The van der Waals surface area contributed by atoms with Gasteiger partial charge in [0.15, 0.2) is 5.82 Å². The number of alkyl halides is 5. The lowest BCUT2D eigenvalue weighted by Gasteiger charge is -2.14. The molecule has 0 bridgehead atoms. The Morgan fingerprint density at radius 1 is 0.930 bits per heavy atom. The largest absolute Gasteiger partial charge is 0.523 e. The summed E-state index contributed by atoms with van der Waals surface area (Å²) in [6.07, 6.45) is -5.16. The molecule has 0 aliphatic heterocycles. The molecule has 0 saturated heterocycles. The number of anilines is 3. The standard InChI is InChI=1S/C26H15BrCl3F6N3O4/c27-13-7-10(1-4-15(13)31)19-20(25(19,29)30)24(42)37-11-2-3-14(28)12(8-11)23(41)38-17-6-5-16(32)22(21(17)33)39-18(40)9-43-26(34,35)36/h1-8,19-20H,9H2,(H,37,42)(H,38,41)(H,39,40)/t19-,20+/m0/s1. The molecule has 3 aromatic carbocycles. The van der Waals surface area contributed by atoms with E-state index in [1.807, 2.05) is 0 Å². The van der Waals surface area contributed by atoms with Gasteiger partial charge in [-0.1, -0.05) is 17.7 Å². The van der Waals surface area contributed by atoms with Crippen LogP contribution in [-0.4, -0.2) is 35.0 Å². The van der Waals surface area contributed by atoms with Crippen molar-refractivity contribution < 1.29 is 45.5 Å². The first-order valence-electron chi connectivity index (χ1n) is 11.7. The Labute approximate surface area is 261 Å². The minimum absolute atomic E-state index is 0.0619. The molecule has 1 saturated carbocycles. The van der Waals surface area contributed by atoms with E-state index in [2.05, 4.69) is 31.3 Å². The minimum atomic E-state index is -5.16. The van der Waals surface area contributed by atoms with Gasteiger partial charge in [0.25, 0.3) is 11.8 Å². The van der Waals surface area contributed by atoms with Crippen LogP contribution in [0.4, 0.5) is 43.4 Å². The van der Waals surface area contributed by atoms with E-state index >= 15 is 0 Å². The quantitative estimate of drug-likeness (QED) is 0.163. The van der Waals surface area contributed by atoms with E-state index in [4.69, 9.17) is 34.8 Å². The van der Waals surface area contributed by atoms with E-state index in [-0.39, 0.29) is 20.7 Å². The number of nitrogens with one attached hydrogen (secondary N) is 3. The van der Waals surface area contributed by atoms with Gasteiger partial charge in [-0.2, -0.15) is 0 Å². The molecular weight excluding hydrogens is 719 g/mol. The van der Waals surface area contributed by atoms with Gasteiger partial charge in [-0.3, -0.25) is 19.1 Å². The summed E-state index contributed by atoms with van der Waals surface area (Å²) in [5, 5.41) is 6.13. The molecule has 228 valence electrons. The van der Waals surface area contributed by atoms with Crippen LogP contribution in [0.1, 0.15) is 21.8 Å². The van der Waals surface area contributed by atoms with Crippen LogP contribution >= 0.6 is 50.7 Å². The molecule has 4 rings (SSSR count). The normalized spacial score (nSPS) is 17.3. The van der Waals surface area contributed by atoms with Crippen molar-refractivity contribution in [1.29, 1.82) is 0 Å². The van der Waals surface area contributed by atoms with Crippen LogP contribution in [0.3, 0.4) is 0 Å². The average molecular weight is 734 g/mol. The third-order valence-corrected chi connectivity index (χ3v) is 7.97. The Kier molecular flexibility index (Phi) is 9.57. The van der Waals surface area contributed by atoms with E-state index in [0.717, 1.165) is 12.1 Å². The van der Waals surface area contributed by atoms with Gasteiger partial charge in [-0.15, -0.1) is 36.4 Å². The van der Waals surface area contributed by atoms with Gasteiger partial charge in [0.05, 0.1) is 26.7 Å². The molecule has 0 unspecified atom stereocenters. The molecule has 3 amide bonds. The zero-order chi connectivity index (χ0) is 31.9. The summed E-state index contributed by atoms with van der Waals surface area (Å²) in [6, 6.07) is 9.24. The molecule has 0 spiro atoms. The molecule has 0 radical (unpaired) electrons. The highest BCUT2D eigenvalue weighted by molar-refractivity contribution is 9.10. The Morgan fingerprint density at radius 2 is 1.60 bits per heavy atom. The van der Waals surface area contributed by atoms with Crippen LogP contribution in [0.25, 0.3) is 0 Å². The summed E-state index contributed by atoms with van der Waals surface area (Å²) < 4.78 is 81.1. The third-order valence-electron chi connectivity index (χ3n) is 6.09. The molecule has 0 heterocycles. The Hall–Kier alpha value is -3.04. The van der Waals surface area contributed by atoms with Crippen molar-refractivity contribution in [3.05, 3.63) is 86.6 Å². The van der Waals surface area contributed by atoms with Gasteiger partial charge in [0, 0.05) is 11.6 Å². The van der Waals surface area contributed by atoms with Gasteiger partial charge < -0.3 is 16.0 Å². The van der Waals surface area contributed by atoms with E-state index in [9.17, 15) is 40.7 Å². The Balaban J connectivity index is 1.48. The fourth-order valence-corrected chi connectivity index (χ4v) is 5.47. The number of hydrogen-bond donors (Lipinski definition) is 3. The summed E-state index contributed by atoms with van der Waals surface area (Å²) in [4.78, 5) is 37.6. The summed E-state index contributed by atoms with van der Waals surface area (Å²) in [5.74, 6) is -8.21. The van der Waals surface area contributed by atoms with Gasteiger partial charge in [0.2, 0.25) is 5.91 Å². The zero-order valence-corrected chi connectivity index (χ0v) is 24.7. The van der Waals surface area contributed by atoms with Crippen LogP contribution in [0.15, 0.2) is 53.0 Å². The molecule has 7 nitrogen and oxygen atoms in total. The lowest BCUT2D eigenvalue weighted by molar-refractivity contribution is -0.320. The number of hydrogen-bond acceptors (Lipinski definition) is 4. The van der Waals surface area contributed by atoms with Crippen LogP contribution < -0.4 is 16.0 Å². The van der Waals surface area contributed by atoms with E-state index < -0.39 is 75.7 Å². The maximum atomic E-state index is 14.9. The molecule has 0 aromatic heterocycles. The molecule has 43 heavy (non-hydrogen) atoms. The van der Waals surface area contributed by atoms with Crippen molar-refractivity contribution in [3.8, 4) is 0 Å².